The van der Waals surface area contributed by atoms with Crippen LogP contribution < -0.4 is 4.72 Å². The van der Waals surface area contributed by atoms with E-state index in [1.165, 1.54) is 12.5 Å². The van der Waals surface area contributed by atoms with Gasteiger partial charge >= 0.3 is 0 Å². The van der Waals surface area contributed by atoms with Crippen LogP contribution in [0.1, 0.15) is 52.0 Å². The summed E-state index contributed by atoms with van der Waals surface area (Å²) in [7, 11) is -3.58. The molecule has 5 heteroatoms. The van der Waals surface area contributed by atoms with E-state index in [4.69, 9.17) is 0 Å². The number of sulfonamides is 1. The van der Waals surface area contributed by atoms with E-state index in [2.05, 4.69) is 25.5 Å². The molecule has 0 aliphatic heterocycles. The van der Waals surface area contributed by atoms with Gasteiger partial charge in [-0.25, -0.2) is 13.1 Å². The summed E-state index contributed by atoms with van der Waals surface area (Å²) in [5.74, 6) is 0. The van der Waals surface area contributed by atoms with Gasteiger partial charge in [-0.2, -0.15) is 0 Å². The standard InChI is InChI=1S/C16H27NO3S/c1-4-5-8-11-16(2,3)13-17-21(19,20)15-10-7-6-9-14(15)12-18/h6-7,9-10,17-18H,4-5,8,11-13H2,1-3H3. The second-order valence-corrected chi connectivity index (χ2v) is 7.95. The van der Waals surface area contributed by atoms with Crippen molar-refractivity contribution >= 4 is 10.0 Å². The van der Waals surface area contributed by atoms with Gasteiger partial charge in [-0.15, -0.1) is 0 Å². The quantitative estimate of drug-likeness (QED) is 0.689. The van der Waals surface area contributed by atoms with Gasteiger partial charge in [0.15, 0.2) is 0 Å². The van der Waals surface area contributed by atoms with E-state index >= 15 is 0 Å². The molecule has 0 heterocycles. The molecular formula is C16H27NO3S. The predicted octanol–water partition coefficient (Wildman–Crippen LogP) is 3.06. The Morgan fingerprint density at radius 2 is 1.86 bits per heavy atom. The van der Waals surface area contributed by atoms with Crippen LogP contribution in [0.3, 0.4) is 0 Å². The summed E-state index contributed by atoms with van der Waals surface area (Å²) in [5.41, 5.74) is 0.352. The van der Waals surface area contributed by atoms with Gasteiger partial charge in [0.05, 0.1) is 11.5 Å². The molecule has 0 bridgehead atoms. The van der Waals surface area contributed by atoms with Gasteiger partial charge in [-0.1, -0.05) is 58.2 Å². The maximum Gasteiger partial charge on any atom is 0.240 e. The van der Waals surface area contributed by atoms with Crippen molar-refractivity contribution < 1.29 is 13.5 Å². The molecule has 0 atom stereocenters. The fourth-order valence-corrected chi connectivity index (χ4v) is 3.68. The topological polar surface area (TPSA) is 66.4 Å². The first-order valence-electron chi connectivity index (χ1n) is 7.51. The highest BCUT2D eigenvalue weighted by Crippen LogP contribution is 2.24. The molecule has 0 saturated heterocycles. The van der Waals surface area contributed by atoms with Crippen LogP contribution in [0, 0.1) is 5.41 Å². The molecule has 2 N–H and O–H groups in total. The minimum atomic E-state index is -3.58. The van der Waals surface area contributed by atoms with Gasteiger partial charge in [0.1, 0.15) is 0 Å². The van der Waals surface area contributed by atoms with E-state index in [1.54, 1.807) is 18.2 Å². The molecule has 0 spiro atoms. The lowest BCUT2D eigenvalue weighted by molar-refractivity contribution is 0.278. The number of unbranched alkanes of at least 4 members (excludes halogenated alkanes) is 2. The first kappa shape index (κ1) is 18.1. The van der Waals surface area contributed by atoms with Gasteiger partial charge in [0.2, 0.25) is 10.0 Å². The summed E-state index contributed by atoms with van der Waals surface area (Å²) in [6.45, 7) is 6.42. The molecule has 1 aromatic carbocycles. The van der Waals surface area contributed by atoms with Crippen molar-refractivity contribution in [1.29, 1.82) is 0 Å². The van der Waals surface area contributed by atoms with Crippen LogP contribution in [0.15, 0.2) is 29.2 Å². The van der Waals surface area contributed by atoms with Crippen LogP contribution >= 0.6 is 0 Å². The van der Waals surface area contributed by atoms with Gasteiger partial charge in [-0.05, 0) is 23.5 Å². The zero-order valence-electron chi connectivity index (χ0n) is 13.2. The summed E-state index contributed by atoms with van der Waals surface area (Å²) in [4.78, 5) is 0.164. The van der Waals surface area contributed by atoms with E-state index in [0.29, 0.717) is 12.1 Å². The first-order chi connectivity index (χ1) is 9.82. The normalized spacial score (nSPS) is 12.6. The van der Waals surface area contributed by atoms with Crippen LogP contribution in [0.5, 0.6) is 0 Å². The molecule has 0 radical (unpaired) electrons. The van der Waals surface area contributed by atoms with E-state index in [9.17, 15) is 13.5 Å². The first-order valence-corrected chi connectivity index (χ1v) is 8.99. The van der Waals surface area contributed by atoms with E-state index < -0.39 is 10.0 Å². The molecule has 21 heavy (non-hydrogen) atoms. The highest BCUT2D eigenvalue weighted by atomic mass is 32.2. The Hall–Kier alpha value is -0.910. The third-order valence-corrected chi connectivity index (χ3v) is 5.13. The van der Waals surface area contributed by atoms with Gasteiger partial charge in [0.25, 0.3) is 0 Å². The summed E-state index contributed by atoms with van der Waals surface area (Å²) >= 11 is 0. The van der Waals surface area contributed by atoms with Gasteiger partial charge in [0, 0.05) is 6.54 Å². The summed E-state index contributed by atoms with van der Waals surface area (Å²) in [6.07, 6.45) is 4.43. The number of rotatable bonds is 9. The van der Waals surface area contributed by atoms with Gasteiger partial charge in [-0.3, -0.25) is 0 Å². The number of hydrogen-bond acceptors (Lipinski definition) is 3. The molecule has 0 aliphatic rings. The molecule has 1 aromatic rings. The lowest BCUT2D eigenvalue weighted by Crippen LogP contribution is -2.34. The predicted molar refractivity (Wildman–Crippen MR) is 85.5 cm³/mol. The SMILES string of the molecule is CCCCCC(C)(C)CNS(=O)(=O)c1ccccc1CO. The molecular weight excluding hydrogens is 286 g/mol. The third kappa shape index (κ3) is 5.77. The van der Waals surface area contributed by atoms with Crippen molar-refractivity contribution in [2.24, 2.45) is 5.41 Å². The highest BCUT2D eigenvalue weighted by molar-refractivity contribution is 7.89. The number of hydrogen-bond donors (Lipinski definition) is 2. The van der Waals surface area contributed by atoms with E-state index in [-0.39, 0.29) is 16.9 Å². The molecule has 1 rings (SSSR count). The largest absolute Gasteiger partial charge is 0.392 e. The summed E-state index contributed by atoms with van der Waals surface area (Å²) < 4.78 is 27.4. The minimum Gasteiger partial charge on any atom is -0.392 e. The summed E-state index contributed by atoms with van der Waals surface area (Å²) in [5, 5.41) is 9.26. The zero-order chi connectivity index (χ0) is 15.9. The fraction of sp³-hybridized carbons (Fsp3) is 0.625. The van der Waals surface area contributed by atoms with Crippen molar-refractivity contribution in [3.8, 4) is 0 Å². The van der Waals surface area contributed by atoms with Gasteiger partial charge < -0.3 is 5.11 Å². The monoisotopic (exact) mass is 313 g/mol. The minimum absolute atomic E-state index is 0.0730. The zero-order valence-corrected chi connectivity index (χ0v) is 14.0. The maximum atomic E-state index is 12.4. The molecule has 0 aromatic heterocycles. The Morgan fingerprint density at radius 1 is 1.19 bits per heavy atom. The Morgan fingerprint density at radius 3 is 2.48 bits per heavy atom. The maximum absolute atomic E-state index is 12.4. The van der Waals surface area contributed by atoms with Crippen LogP contribution in [0.4, 0.5) is 0 Å². The van der Waals surface area contributed by atoms with Crippen molar-refractivity contribution in [2.45, 2.75) is 58.0 Å². The van der Waals surface area contributed by atoms with Crippen LogP contribution in [0.25, 0.3) is 0 Å². The Bertz CT molecular complexity index is 538. The van der Waals surface area contributed by atoms with Crippen molar-refractivity contribution in [2.75, 3.05) is 6.54 Å². The Balaban J connectivity index is 2.72. The fourth-order valence-electron chi connectivity index (χ4n) is 2.21. The number of aliphatic hydroxyl groups excluding tert-OH is 1. The highest BCUT2D eigenvalue weighted by Gasteiger charge is 2.23. The molecule has 120 valence electrons. The van der Waals surface area contributed by atoms with Crippen LogP contribution in [-0.4, -0.2) is 20.1 Å². The Labute approximate surface area is 128 Å². The van der Waals surface area contributed by atoms with E-state index in [1.807, 2.05) is 0 Å². The van der Waals surface area contributed by atoms with Crippen molar-refractivity contribution in [3.63, 3.8) is 0 Å². The van der Waals surface area contributed by atoms with Crippen molar-refractivity contribution in [1.82, 2.24) is 4.72 Å². The average molecular weight is 313 g/mol. The summed E-state index contributed by atoms with van der Waals surface area (Å²) in [6, 6.07) is 6.54. The Kier molecular flexibility index (Phi) is 6.84. The molecule has 0 amide bonds. The van der Waals surface area contributed by atoms with Crippen molar-refractivity contribution in [3.05, 3.63) is 29.8 Å². The molecule has 0 fully saturated rings. The number of benzene rings is 1. The lowest BCUT2D eigenvalue weighted by Gasteiger charge is -2.25. The second-order valence-electron chi connectivity index (χ2n) is 6.21. The average Bonchev–Trinajstić information content (AvgIpc) is 2.45. The van der Waals surface area contributed by atoms with E-state index in [0.717, 1.165) is 19.3 Å². The third-order valence-electron chi connectivity index (χ3n) is 3.63. The molecule has 0 saturated carbocycles. The lowest BCUT2D eigenvalue weighted by atomic mass is 9.87. The molecule has 0 aliphatic carbocycles. The van der Waals surface area contributed by atoms with Crippen LogP contribution in [-0.2, 0) is 16.6 Å². The second kappa shape index (κ2) is 7.92. The number of nitrogens with one attached hydrogen (secondary N) is 1. The van der Waals surface area contributed by atoms with Crippen LogP contribution in [0.2, 0.25) is 0 Å². The molecule has 0 unspecified atom stereocenters. The number of aliphatic hydroxyl groups is 1. The molecule has 4 nitrogen and oxygen atoms in total. The smallest absolute Gasteiger partial charge is 0.240 e.